The molecular formula is C42H39F3N4O4S. The summed E-state index contributed by atoms with van der Waals surface area (Å²) in [6.45, 7) is 6.25. The van der Waals surface area contributed by atoms with E-state index >= 15 is 4.39 Å². The number of aromatic nitrogens is 2. The van der Waals surface area contributed by atoms with Crippen molar-refractivity contribution in [3.05, 3.63) is 108 Å². The molecule has 2 amide bonds. The first kappa shape index (κ1) is 36.9. The van der Waals surface area contributed by atoms with Crippen LogP contribution in [0.25, 0.3) is 43.7 Å². The van der Waals surface area contributed by atoms with E-state index in [0.717, 1.165) is 33.3 Å². The SMILES string of the molecule is C=CC(=O)N1CCc2ncc(-c3nc4c5ccsc5c3-c3ccc(F)cc3OCC3CCN(CC/C=C/COc5cc(F)ccc5-4)C(=O)C3)cc2C1.CF. The van der Waals surface area contributed by atoms with Gasteiger partial charge in [-0.2, -0.15) is 0 Å². The van der Waals surface area contributed by atoms with Gasteiger partial charge in [-0.15, -0.1) is 11.3 Å². The lowest BCUT2D eigenvalue weighted by atomic mass is 9.94. The van der Waals surface area contributed by atoms with Gasteiger partial charge < -0.3 is 19.3 Å². The molecule has 54 heavy (non-hydrogen) atoms. The number of rotatable bonds is 2. The molecule has 12 heteroatoms. The van der Waals surface area contributed by atoms with Crippen LogP contribution in [0.2, 0.25) is 0 Å². The molecule has 4 bridgehead atoms. The number of amides is 2. The molecule has 0 N–H and O–H groups in total. The number of ether oxygens (including phenoxy) is 2. The summed E-state index contributed by atoms with van der Waals surface area (Å²) in [4.78, 5) is 39.4. The van der Waals surface area contributed by atoms with E-state index in [1.165, 1.54) is 41.7 Å². The Hall–Kier alpha value is -5.49. The molecule has 0 radical (unpaired) electrons. The molecule has 1 saturated heterocycles. The third-order valence-electron chi connectivity index (χ3n) is 9.98. The third kappa shape index (κ3) is 7.48. The van der Waals surface area contributed by atoms with Crippen molar-refractivity contribution < 1.29 is 32.2 Å². The fourth-order valence-electron chi connectivity index (χ4n) is 7.28. The van der Waals surface area contributed by atoms with Gasteiger partial charge in [0.1, 0.15) is 29.7 Å². The lowest BCUT2D eigenvalue weighted by molar-refractivity contribution is -0.135. The first-order valence-electron chi connectivity index (χ1n) is 17.8. The normalized spacial score (nSPS) is 17.6. The number of piperidine rings is 1. The van der Waals surface area contributed by atoms with Gasteiger partial charge >= 0.3 is 0 Å². The number of carbonyl (C=O) groups is 2. The average Bonchev–Trinajstić information content (AvgIpc) is 3.69. The second kappa shape index (κ2) is 16.3. The number of thiophene rings is 1. The van der Waals surface area contributed by atoms with Crippen LogP contribution in [0.15, 0.2) is 84.9 Å². The molecule has 6 aliphatic rings. The van der Waals surface area contributed by atoms with Crippen molar-refractivity contribution in [2.45, 2.75) is 32.2 Å². The summed E-state index contributed by atoms with van der Waals surface area (Å²) < 4.78 is 52.8. The Labute approximate surface area is 315 Å². The van der Waals surface area contributed by atoms with Gasteiger partial charge in [0.15, 0.2) is 0 Å². The Morgan fingerprint density at radius 2 is 1.74 bits per heavy atom. The lowest BCUT2D eigenvalue weighted by Crippen LogP contribution is -2.40. The van der Waals surface area contributed by atoms with E-state index in [-0.39, 0.29) is 30.9 Å². The molecule has 11 rings (SSSR count). The van der Waals surface area contributed by atoms with Crippen LogP contribution in [0.3, 0.4) is 0 Å². The van der Waals surface area contributed by atoms with Gasteiger partial charge in [0, 0.05) is 101 Å². The van der Waals surface area contributed by atoms with Crippen LogP contribution in [-0.2, 0) is 22.6 Å². The minimum atomic E-state index is -0.448. The summed E-state index contributed by atoms with van der Waals surface area (Å²) >= 11 is 1.51. The molecule has 9 heterocycles. The third-order valence-corrected chi connectivity index (χ3v) is 10.9. The Morgan fingerprint density at radius 1 is 0.963 bits per heavy atom. The van der Waals surface area contributed by atoms with Crippen molar-refractivity contribution >= 4 is 33.2 Å². The fraction of sp³-hybridized carbons (Fsp3) is 0.286. The zero-order valence-corrected chi connectivity index (χ0v) is 30.6. The quantitative estimate of drug-likeness (QED) is 0.133. The molecule has 2 aromatic carbocycles. The second-order valence-electron chi connectivity index (χ2n) is 13.3. The van der Waals surface area contributed by atoms with Crippen LogP contribution in [-0.4, -0.2) is 71.6 Å². The largest absolute Gasteiger partial charge is 0.493 e. The number of hydrogen-bond donors (Lipinski definition) is 0. The maximum absolute atomic E-state index is 15.0. The number of benzene rings is 2. The van der Waals surface area contributed by atoms with Crippen molar-refractivity contribution in [3.63, 3.8) is 0 Å². The molecular weight excluding hydrogens is 714 g/mol. The molecule has 8 nitrogen and oxygen atoms in total. The van der Waals surface area contributed by atoms with Crippen molar-refractivity contribution in [2.24, 2.45) is 5.92 Å². The van der Waals surface area contributed by atoms with Gasteiger partial charge in [-0.05, 0) is 66.3 Å². The van der Waals surface area contributed by atoms with Crippen molar-refractivity contribution in [2.75, 3.05) is 40.0 Å². The number of carbonyl (C=O) groups excluding carboxylic acids is 2. The molecule has 1 fully saturated rings. The van der Waals surface area contributed by atoms with E-state index in [9.17, 15) is 18.4 Å². The molecule has 0 aliphatic carbocycles. The van der Waals surface area contributed by atoms with Gasteiger partial charge in [0.05, 0.1) is 25.2 Å². The number of alkyl halides is 1. The standard InChI is InChI=1S/C41H36F2N4O4S.CH3F/c1-2-36(48)47-15-11-33-27(23-47)19-26(22-44-33)39-38-30-8-6-28(42)20-34(30)51-24-25-10-14-46(37(49)18-25)13-4-3-5-16-50-35-21-29(43)7-9-31(35)40(45-39)32-12-17-52-41(32)38;1-2/h2-3,5-9,12,17,19-22,25H,1,4,10-11,13-16,18,23-24H2;1H3/b5-3+;. The van der Waals surface area contributed by atoms with E-state index in [1.807, 2.05) is 34.6 Å². The van der Waals surface area contributed by atoms with Crippen LogP contribution in [0.1, 0.15) is 30.5 Å². The highest BCUT2D eigenvalue weighted by Gasteiger charge is 2.29. The Kier molecular flexibility index (Phi) is 11.1. The minimum absolute atomic E-state index is 0.0147. The highest BCUT2D eigenvalue weighted by atomic mass is 32.1. The second-order valence-corrected chi connectivity index (χ2v) is 14.2. The van der Waals surface area contributed by atoms with Gasteiger partial charge in [-0.25, -0.2) is 13.8 Å². The summed E-state index contributed by atoms with van der Waals surface area (Å²) in [7, 11) is 0.500. The number of hydrogen-bond acceptors (Lipinski definition) is 7. The van der Waals surface area contributed by atoms with Crippen LogP contribution in [0.4, 0.5) is 13.2 Å². The van der Waals surface area contributed by atoms with E-state index in [4.69, 9.17) is 19.4 Å². The maximum atomic E-state index is 15.0. The van der Waals surface area contributed by atoms with Gasteiger partial charge in [-0.1, -0.05) is 18.7 Å². The monoisotopic (exact) mass is 752 g/mol. The van der Waals surface area contributed by atoms with Crippen LogP contribution >= 0.6 is 11.3 Å². The highest BCUT2D eigenvalue weighted by molar-refractivity contribution is 7.18. The number of halogens is 3. The Morgan fingerprint density at radius 3 is 2.52 bits per heavy atom. The molecule has 278 valence electrons. The van der Waals surface area contributed by atoms with E-state index in [2.05, 4.69) is 6.58 Å². The van der Waals surface area contributed by atoms with Crippen LogP contribution in [0.5, 0.6) is 11.5 Å². The summed E-state index contributed by atoms with van der Waals surface area (Å²) in [5.74, 6) is -0.304. The predicted molar refractivity (Wildman–Crippen MR) is 204 cm³/mol. The van der Waals surface area contributed by atoms with E-state index in [1.54, 1.807) is 23.2 Å². The average molecular weight is 753 g/mol. The van der Waals surface area contributed by atoms with E-state index in [0.29, 0.717) is 92.2 Å². The molecule has 5 aromatic rings. The van der Waals surface area contributed by atoms with Crippen molar-refractivity contribution in [3.8, 4) is 45.1 Å². The number of pyridine rings is 2. The summed E-state index contributed by atoms with van der Waals surface area (Å²) in [5, 5.41) is 2.78. The zero-order chi connectivity index (χ0) is 37.8. The lowest BCUT2D eigenvalue weighted by Gasteiger charge is -2.31. The van der Waals surface area contributed by atoms with Gasteiger partial charge in [0.2, 0.25) is 11.8 Å². The Balaban J connectivity index is 0.00000221. The zero-order valence-electron chi connectivity index (χ0n) is 29.8. The molecule has 3 aromatic heterocycles. The van der Waals surface area contributed by atoms with Gasteiger partial charge in [0.25, 0.3) is 0 Å². The van der Waals surface area contributed by atoms with Gasteiger partial charge in [-0.3, -0.25) is 19.0 Å². The molecule has 1 unspecified atom stereocenters. The summed E-state index contributed by atoms with van der Waals surface area (Å²) in [6, 6.07) is 12.9. The topological polar surface area (TPSA) is 84.9 Å². The predicted octanol–water partition coefficient (Wildman–Crippen LogP) is 8.58. The van der Waals surface area contributed by atoms with E-state index < -0.39 is 11.6 Å². The Bertz CT molecular complexity index is 2260. The van der Waals surface area contributed by atoms with Crippen molar-refractivity contribution in [1.82, 2.24) is 19.8 Å². The van der Waals surface area contributed by atoms with Crippen LogP contribution in [0, 0.1) is 17.6 Å². The molecule has 0 spiro atoms. The molecule has 6 aliphatic heterocycles. The number of nitrogens with zero attached hydrogens (tertiary/aromatic N) is 4. The maximum Gasteiger partial charge on any atom is 0.246 e. The first-order chi connectivity index (χ1) is 26.4. The first-order valence-corrected chi connectivity index (χ1v) is 18.7. The number of fused-ring (bicyclic) bond motifs is 1. The highest BCUT2D eigenvalue weighted by Crippen LogP contribution is 2.47. The minimum Gasteiger partial charge on any atom is -0.493 e. The fourth-order valence-corrected chi connectivity index (χ4v) is 8.23. The summed E-state index contributed by atoms with van der Waals surface area (Å²) in [5.41, 5.74) is 5.63. The smallest absolute Gasteiger partial charge is 0.246 e. The van der Waals surface area contributed by atoms with Crippen LogP contribution < -0.4 is 9.47 Å². The summed E-state index contributed by atoms with van der Waals surface area (Å²) in [6.07, 6.45) is 9.35. The van der Waals surface area contributed by atoms with Crippen molar-refractivity contribution in [1.29, 1.82) is 0 Å². The molecule has 1 atom stereocenters. The molecule has 0 saturated carbocycles.